The number of halogens is 1. The van der Waals surface area contributed by atoms with Crippen LogP contribution in [0.2, 0.25) is 0 Å². The smallest absolute Gasteiger partial charge is 0.336 e. The van der Waals surface area contributed by atoms with E-state index in [4.69, 9.17) is 0 Å². The quantitative estimate of drug-likeness (QED) is 0.344. The van der Waals surface area contributed by atoms with Crippen molar-refractivity contribution >= 4 is 0 Å². The summed E-state index contributed by atoms with van der Waals surface area (Å²) >= 11 is 0. The molecule has 0 saturated heterocycles. The number of aryl methyl sites for hydroxylation is 2. The molecule has 0 unspecified atom stereocenters. The maximum atomic E-state index is 10.7. The number of hydrogen-bond donors (Lipinski definition) is 0. The van der Waals surface area contributed by atoms with Crippen LogP contribution in [0.25, 0.3) is 0 Å². The molecule has 0 bridgehead atoms. The van der Waals surface area contributed by atoms with Crippen molar-refractivity contribution < 1.29 is 28.5 Å². The van der Waals surface area contributed by atoms with Crippen LogP contribution < -0.4 is 34.1 Å². The highest BCUT2D eigenvalue weighted by Gasteiger charge is 1.93. The zero-order chi connectivity index (χ0) is 6.85. The van der Waals surface area contributed by atoms with Gasteiger partial charge in [0.15, 0.2) is 0 Å². The summed E-state index contributed by atoms with van der Waals surface area (Å²) in [4.78, 5) is 10.7. The molecule has 4 heteroatoms. The molecule has 0 saturated carbocycles. The van der Waals surface area contributed by atoms with Gasteiger partial charge in [-0.25, -0.2) is 13.9 Å². The standard InChI is InChI=1S/C6H9N2O.HI/c1-7-4-3-6(9)8(2)5-7;/h3-5H,1-2H3;1H/q+1;/p-1. The van der Waals surface area contributed by atoms with Gasteiger partial charge < -0.3 is 24.0 Å². The first-order chi connectivity index (χ1) is 4.20. The Hall–Kier alpha value is -0.390. The summed E-state index contributed by atoms with van der Waals surface area (Å²) < 4.78 is 3.35. The van der Waals surface area contributed by atoms with Crippen molar-refractivity contribution in [1.82, 2.24) is 4.57 Å². The van der Waals surface area contributed by atoms with Gasteiger partial charge in [0.05, 0.1) is 26.4 Å². The molecule has 56 valence electrons. The summed E-state index contributed by atoms with van der Waals surface area (Å²) in [5.74, 6) is 0. The molecule has 10 heavy (non-hydrogen) atoms. The first-order valence-electron chi connectivity index (χ1n) is 2.72. The molecule has 3 nitrogen and oxygen atoms in total. The third kappa shape index (κ3) is 2.09. The molecule has 1 aromatic rings. The molecular weight excluding hydrogens is 243 g/mol. The Kier molecular flexibility index (Phi) is 3.55. The van der Waals surface area contributed by atoms with Gasteiger partial charge in [0.25, 0.3) is 0 Å². The monoisotopic (exact) mass is 252 g/mol. The fourth-order valence-electron chi connectivity index (χ4n) is 0.667. The van der Waals surface area contributed by atoms with Gasteiger partial charge in [-0.2, -0.15) is 0 Å². The predicted octanol–water partition coefficient (Wildman–Crippen LogP) is -3.79. The average Bonchev–Trinajstić information content (AvgIpc) is 1.80. The van der Waals surface area contributed by atoms with Gasteiger partial charge in [-0.3, -0.25) is 0 Å². The molecule has 0 aliphatic carbocycles. The Morgan fingerprint density at radius 2 is 2.20 bits per heavy atom. The first-order valence-corrected chi connectivity index (χ1v) is 2.72. The predicted molar refractivity (Wildman–Crippen MR) is 32.9 cm³/mol. The summed E-state index contributed by atoms with van der Waals surface area (Å²) in [6.07, 6.45) is 3.45. The Bertz CT molecular complexity index is 269. The fourth-order valence-corrected chi connectivity index (χ4v) is 0.667. The minimum atomic E-state index is 0. The fraction of sp³-hybridized carbons (Fsp3) is 0.333. The Balaban J connectivity index is 0.000000810. The number of aromatic nitrogens is 2. The molecular formula is C6H9IN2O. The van der Waals surface area contributed by atoms with E-state index in [1.807, 2.05) is 11.6 Å². The zero-order valence-electron chi connectivity index (χ0n) is 5.91. The highest BCUT2D eigenvalue weighted by molar-refractivity contribution is 4.74. The molecule has 0 N–H and O–H groups in total. The number of rotatable bonds is 0. The van der Waals surface area contributed by atoms with Crippen LogP contribution >= 0.6 is 0 Å². The van der Waals surface area contributed by atoms with Crippen LogP contribution in [0.4, 0.5) is 0 Å². The van der Waals surface area contributed by atoms with E-state index in [-0.39, 0.29) is 29.5 Å². The van der Waals surface area contributed by atoms with E-state index < -0.39 is 0 Å². The van der Waals surface area contributed by atoms with Gasteiger partial charge in [0, 0.05) is 0 Å². The number of hydrogen-bond acceptors (Lipinski definition) is 1. The number of nitrogens with zero attached hydrogens (tertiary/aromatic N) is 2. The largest absolute Gasteiger partial charge is 1.00 e. The average molecular weight is 252 g/mol. The van der Waals surface area contributed by atoms with Crippen LogP contribution in [0.3, 0.4) is 0 Å². The minimum absolute atomic E-state index is 0. The normalized spacial score (nSPS) is 8.60. The van der Waals surface area contributed by atoms with E-state index in [1.165, 1.54) is 10.6 Å². The van der Waals surface area contributed by atoms with E-state index >= 15 is 0 Å². The van der Waals surface area contributed by atoms with Gasteiger partial charge in [0.2, 0.25) is 6.33 Å². The lowest BCUT2D eigenvalue weighted by Crippen LogP contribution is -3.00. The third-order valence-electron chi connectivity index (χ3n) is 1.16. The van der Waals surface area contributed by atoms with E-state index in [9.17, 15) is 4.79 Å². The Morgan fingerprint density at radius 1 is 1.60 bits per heavy atom. The molecule has 1 heterocycles. The second-order valence-corrected chi connectivity index (χ2v) is 2.05. The summed E-state index contributed by atoms with van der Waals surface area (Å²) in [5.41, 5.74) is 0.0214. The SMILES string of the molecule is Cn1c[n+](C)ccc1=O.[I-]. The molecule has 0 aliphatic rings. The molecule has 0 aliphatic heterocycles. The lowest BCUT2D eigenvalue weighted by molar-refractivity contribution is -0.676. The van der Waals surface area contributed by atoms with Crippen LogP contribution in [0.5, 0.6) is 0 Å². The second-order valence-electron chi connectivity index (χ2n) is 2.05. The molecule has 0 aromatic carbocycles. The van der Waals surface area contributed by atoms with Crippen LogP contribution in [0.1, 0.15) is 0 Å². The van der Waals surface area contributed by atoms with Crippen molar-refractivity contribution in [1.29, 1.82) is 0 Å². The maximum absolute atomic E-state index is 10.7. The molecule has 0 spiro atoms. The van der Waals surface area contributed by atoms with Gasteiger partial charge in [-0.1, -0.05) is 0 Å². The van der Waals surface area contributed by atoms with E-state index in [1.54, 1.807) is 19.6 Å². The van der Waals surface area contributed by atoms with Crippen molar-refractivity contribution in [3.63, 3.8) is 0 Å². The van der Waals surface area contributed by atoms with E-state index in [2.05, 4.69) is 0 Å². The topological polar surface area (TPSA) is 25.9 Å². The Labute approximate surface area is 76.3 Å². The van der Waals surface area contributed by atoms with Crippen molar-refractivity contribution in [3.05, 3.63) is 28.9 Å². The van der Waals surface area contributed by atoms with Crippen LogP contribution in [0, 0.1) is 0 Å². The molecule has 0 atom stereocenters. The molecule has 0 fully saturated rings. The second kappa shape index (κ2) is 3.70. The zero-order valence-corrected chi connectivity index (χ0v) is 8.07. The third-order valence-corrected chi connectivity index (χ3v) is 1.16. The molecule has 0 amide bonds. The van der Waals surface area contributed by atoms with Crippen molar-refractivity contribution in [2.45, 2.75) is 0 Å². The van der Waals surface area contributed by atoms with Crippen LogP contribution in [-0.4, -0.2) is 4.57 Å². The molecule has 1 aromatic heterocycles. The highest BCUT2D eigenvalue weighted by atomic mass is 127. The summed E-state index contributed by atoms with van der Waals surface area (Å²) in [7, 11) is 3.60. The first kappa shape index (κ1) is 9.61. The van der Waals surface area contributed by atoms with Gasteiger partial charge in [0.1, 0.15) is 0 Å². The van der Waals surface area contributed by atoms with Gasteiger partial charge >= 0.3 is 5.56 Å². The summed E-state index contributed by atoms with van der Waals surface area (Å²) in [5, 5.41) is 0. The van der Waals surface area contributed by atoms with E-state index in [0.717, 1.165) is 0 Å². The lowest BCUT2D eigenvalue weighted by Gasteiger charge is -1.88. The minimum Gasteiger partial charge on any atom is -1.00 e. The molecule has 0 radical (unpaired) electrons. The highest BCUT2D eigenvalue weighted by Crippen LogP contribution is 1.63. The van der Waals surface area contributed by atoms with Crippen LogP contribution in [0.15, 0.2) is 23.4 Å². The summed E-state index contributed by atoms with van der Waals surface area (Å²) in [6, 6.07) is 1.53. The van der Waals surface area contributed by atoms with Gasteiger partial charge in [-0.15, -0.1) is 0 Å². The maximum Gasteiger partial charge on any atom is 0.336 e. The molecule has 1 rings (SSSR count). The lowest BCUT2D eigenvalue weighted by atomic mass is 10.6. The van der Waals surface area contributed by atoms with Crippen molar-refractivity contribution in [3.8, 4) is 0 Å². The Morgan fingerprint density at radius 3 is 2.60 bits per heavy atom. The van der Waals surface area contributed by atoms with Crippen LogP contribution in [-0.2, 0) is 14.1 Å². The van der Waals surface area contributed by atoms with E-state index in [0.29, 0.717) is 0 Å². The van der Waals surface area contributed by atoms with Crippen molar-refractivity contribution in [2.75, 3.05) is 0 Å². The summed E-state index contributed by atoms with van der Waals surface area (Å²) in [6.45, 7) is 0. The van der Waals surface area contributed by atoms with Crippen molar-refractivity contribution in [2.24, 2.45) is 14.1 Å². The van der Waals surface area contributed by atoms with Gasteiger partial charge in [-0.05, 0) is 0 Å².